The fourth-order valence-electron chi connectivity index (χ4n) is 2.95. The lowest BCUT2D eigenvalue weighted by molar-refractivity contribution is 0.462. The first-order valence-corrected chi connectivity index (χ1v) is 7.47. The number of anilines is 1. The zero-order valence-corrected chi connectivity index (χ0v) is 11.5. The molecule has 1 atom stereocenters. The third-order valence-corrected chi connectivity index (χ3v) is 5.02. The summed E-state index contributed by atoms with van der Waals surface area (Å²) in [5.74, 6) is 0. The average Bonchev–Trinajstić information content (AvgIpc) is 2.97. The molecule has 0 aliphatic carbocycles. The molecule has 1 saturated heterocycles. The van der Waals surface area contributed by atoms with Gasteiger partial charge in [-0.25, -0.2) is 4.31 Å². The zero-order valence-electron chi connectivity index (χ0n) is 10.7. The van der Waals surface area contributed by atoms with Crippen LogP contribution >= 0.6 is 12.1 Å². The van der Waals surface area contributed by atoms with Gasteiger partial charge in [0.1, 0.15) is 0 Å². The molecule has 96 valence electrons. The third kappa shape index (κ3) is 2.03. The van der Waals surface area contributed by atoms with Crippen LogP contribution in [0, 0.1) is 0 Å². The Morgan fingerprint density at radius 2 is 1.79 bits per heavy atom. The second-order valence-corrected chi connectivity index (χ2v) is 6.28. The number of para-hydroxylation sites is 1. The average molecular weight is 268 g/mol. The van der Waals surface area contributed by atoms with Crippen LogP contribution in [0.5, 0.6) is 0 Å². The zero-order chi connectivity index (χ0) is 12.7. The smallest absolute Gasteiger partial charge is 0.0596 e. The van der Waals surface area contributed by atoms with Gasteiger partial charge in [0.2, 0.25) is 0 Å². The van der Waals surface area contributed by atoms with Crippen molar-refractivity contribution in [3.8, 4) is 0 Å². The Hall–Kier alpha value is -1.45. The van der Waals surface area contributed by atoms with E-state index in [9.17, 15) is 0 Å². The summed E-state index contributed by atoms with van der Waals surface area (Å²) in [7, 11) is 0. The molecule has 2 aromatic carbocycles. The lowest BCUT2D eigenvalue weighted by Crippen LogP contribution is -2.23. The van der Waals surface area contributed by atoms with Gasteiger partial charge in [-0.3, -0.25) is 4.31 Å². The predicted molar refractivity (Wildman–Crippen MR) is 80.9 cm³/mol. The van der Waals surface area contributed by atoms with E-state index in [-0.39, 0.29) is 0 Å². The Morgan fingerprint density at radius 1 is 1.00 bits per heavy atom. The van der Waals surface area contributed by atoms with Gasteiger partial charge in [-0.1, -0.05) is 48.5 Å². The minimum atomic E-state index is 0.645. The first kappa shape index (κ1) is 11.4. The van der Waals surface area contributed by atoms with Crippen molar-refractivity contribution in [1.29, 1.82) is 0 Å². The summed E-state index contributed by atoms with van der Waals surface area (Å²) in [6.07, 6.45) is 1.19. The first-order chi connectivity index (χ1) is 9.40. The molecule has 0 spiro atoms. The van der Waals surface area contributed by atoms with Crippen molar-refractivity contribution in [2.75, 3.05) is 10.8 Å². The van der Waals surface area contributed by atoms with E-state index in [2.05, 4.69) is 63.2 Å². The van der Waals surface area contributed by atoms with Crippen LogP contribution < -0.4 is 4.31 Å². The standard InChI is InChI=1S/C16H16N2S/c1-2-6-13(7-3-1)11-17-12-15-10-14-8-4-5-9-16(14)18(15)19-17/h1-9,15H,10-12H2. The molecule has 3 heteroatoms. The summed E-state index contributed by atoms with van der Waals surface area (Å²) in [5.41, 5.74) is 4.30. The SMILES string of the molecule is c1ccc(CN2CC3Cc4ccccc4N3S2)cc1. The Labute approximate surface area is 118 Å². The second kappa shape index (κ2) is 4.58. The molecule has 2 nitrogen and oxygen atoms in total. The van der Waals surface area contributed by atoms with E-state index in [0.717, 1.165) is 13.1 Å². The lowest BCUT2D eigenvalue weighted by atomic mass is 10.1. The van der Waals surface area contributed by atoms with E-state index in [1.54, 1.807) is 0 Å². The van der Waals surface area contributed by atoms with Crippen molar-refractivity contribution in [3.05, 3.63) is 65.7 Å². The number of benzene rings is 2. The fourth-order valence-corrected chi connectivity index (χ4v) is 4.19. The summed E-state index contributed by atoms with van der Waals surface area (Å²) >= 11 is 1.89. The maximum absolute atomic E-state index is 2.48. The minimum absolute atomic E-state index is 0.645. The lowest BCUT2D eigenvalue weighted by Gasteiger charge is -2.17. The summed E-state index contributed by atoms with van der Waals surface area (Å²) in [6.45, 7) is 2.18. The second-order valence-electron chi connectivity index (χ2n) is 5.20. The van der Waals surface area contributed by atoms with E-state index in [4.69, 9.17) is 0 Å². The monoisotopic (exact) mass is 268 g/mol. The number of fused-ring (bicyclic) bond motifs is 3. The van der Waals surface area contributed by atoms with Crippen molar-refractivity contribution in [3.63, 3.8) is 0 Å². The van der Waals surface area contributed by atoms with Crippen LogP contribution in [-0.2, 0) is 13.0 Å². The molecule has 1 unspecified atom stereocenters. The molecule has 0 aromatic heterocycles. The molecule has 0 radical (unpaired) electrons. The number of hydrogen-bond donors (Lipinski definition) is 0. The van der Waals surface area contributed by atoms with Crippen LogP contribution in [0.1, 0.15) is 11.1 Å². The topological polar surface area (TPSA) is 6.48 Å². The Balaban J connectivity index is 1.51. The van der Waals surface area contributed by atoms with Gasteiger partial charge in [-0.05, 0) is 23.6 Å². The highest BCUT2D eigenvalue weighted by Crippen LogP contribution is 2.43. The van der Waals surface area contributed by atoms with Gasteiger partial charge in [0, 0.05) is 25.2 Å². The van der Waals surface area contributed by atoms with E-state index in [0.29, 0.717) is 6.04 Å². The molecule has 1 fully saturated rings. The van der Waals surface area contributed by atoms with Crippen molar-refractivity contribution in [1.82, 2.24) is 4.31 Å². The van der Waals surface area contributed by atoms with Gasteiger partial charge in [0.25, 0.3) is 0 Å². The highest BCUT2D eigenvalue weighted by Gasteiger charge is 2.37. The van der Waals surface area contributed by atoms with Gasteiger partial charge in [0.15, 0.2) is 0 Å². The highest BCUT2D eigenvalue weighted by atomic mass is 32.2. The molecule has 0 amide bonds. The van der Waals surface area contributed by atoms with Gasteiger partial charge < -0.3 is 0 Å². The van der Waals surface area contributed by atoms with Crippen molar-refractivity contribution in [2.24, 2.45) is 0 Å². The Kier molecular flexibility index (Phi) is 2.75. The molecule has 0 saturated carbocycles. The van der Waals surface area contributed by atoms with Gasteiger partial charge in [-0.15, -0.1) is 0 Å². The number of rotatable bonds is 2. The molecule has 2 heterocycles. The quantitative estimate of drug-likeness (QED) is 0.770. The number of nitrogens with zero attached hydrogens (tertiary/aromatic N) is 2. The molecule has 4 rings (SSSR count). The summed E-state index contributed by atoms with van der Waals surface area (Å²) in [4.78, 5) is 0. The van der Waals surface area contributed by atoms with E-state index >= 15 is 0 Å². The Bertz CT molecular complexity index is 584. The van der Waals surface area contributed by atoms with Gasteiger partial charge in [-0.2, -0.15) is 0 Å². The largest absolute Gasteiger partial charge is 0.298 e. The van der Waals surface area contributed by atoms with E-state index < -0.39 is 0 Å². The molecular formula is C16H16N2S. The van der Waals surface area contributed by atoms with E-state index in [1.165, 1.54) is 23.2 Å². The fraction of sp³-hybridized carbons (Fsp3) is 0.250. The predicted octanol–water partition coefficient (Wildman–Crippen LogP) is 3.50. The molecule has 2 aliphatic heterocycles. The minimum Gasteiger partial charge on any atom is -0.298 e. The van der Waals surface area contributed by atoms with Crippen LogP contribution in [0.4, 0.5) is 5.69 Å². The first-order valence-electron chi connectivity index (χ1n) is 6.74. The van der Waals surface area contributed by atoms with Gasteiger partial charge >= 0.3 is 0 Å². The molecule has 0 bridgehead atoms. The maximum Gasteiger partial charge on any atom is 0.0596 e. The molecule has 19 heavy (non-hydrogen) atoms. The van der Waals surface area contributed by atoms with Crippen LogP contribution in [0.3, 0.4) is 0 Å². The van der Waals surface area contributed by atoms with Crippen LogP contribution in [0.25, 0.3) is 0 Å². The summed E-state index contributed by atoms with van der Waals surface area (Å²) in [5, 5.41) is 0. The number of hydrogen-bond acceptors (Lipinski definition) is 3. The van der Waals surface area contributed by atoms with Crippen molar-refractivity contribution in [2.45, 2.75) is 19.0 Å². The maximum atomic E-state index is 2.48. The third-order valence-electron chi connectivity index (χ3n) is 3.84. The van der Waals surface area contributed by atoms with Crippen LogP contribution in [0.2, 0.25) is 0 Å². The van der Waals surface area contributed by atoms with Crippen molar-refractivity contribution >= 4 is 17.8 Å². The molecular weight excluding hydrogens is 252 g/mol. The molecule has 0 N–H and O–H groups in total. The summed E-state index contributed by atoms with van der Waals surface area (Å²) < 4.78 is 4.95. The Morgan fingerprint density at radius 3 is 2.68 bits per heavy atom. The van der Waals surface area contributed by atoms with Crippen molar-refractivity contribution < 1.29 is 0 Å². The highest BCUT2D eigenvalue weighted by molar-refractivity contribution is 7.98. The molecule has 2 aliphatic rings. The summed E-state index contributed by atoms with van der Waals surface area (Å²) in [6, 6.07) is 20.2. The van der Waals surface area contributed by atoms with Crippen LogP contribution in [-0.4, -0.2) is 16.9 Å². The normalized spacial score (nSPS) is 21.5. The molecule has 2 aromatic rings. The van der Waals surface area contributed by atoms with Gasteiger partial charge in [0.05, 0.1) is 11.7 Å². The van der Waals surface area contributed by atoms with E-state index in [1.807, 2.05) is 12.1 Å². The van der Waals surface area contributed by atoms with Crippen LogP contribution in [0.15, 0.2) is 54.6 Å².